The molecule has 156 valence electrons. The largest absolute Gasteiger partial charge is 0.346 e. The number of carbonyl (C=O) groups is 2. The van der Waals surface area contributed by atoms with E-state index in [-0.39, 0.29) is 11.8 Å². The van der Waals surface area contributed by atoms with E-state index in [1.54, 1.807) is 12.3 Å². The van der Waals surface area contributed by atoms with Gasteiger partial charge in [0.1, 0.15) is 5.82 Å². The molecule has 0 saturated heterocycles. The van der Waals surface area contributed by atoms with Crippen LogP contribution in [0.2, 0.25) is 0 Å². The summed E-state index contributed by atoms with van der Waals surface area (Å²) in [5, 5.41) is 4.20. The number of amides is 2. The second-order valence-corrected chi connectivity index (χ2v) is 8.90. The predicted octanol–water partition coefficient (Wildman–Crippen LogP) is 3.55. The topological polar surface area (TPSA) is 67.2 Å². The number of benzene rings is 1. The van der Waals surface area contributed by atoms with Crippen LogP contribution in [0.3, 0.4) is 0 Å². The Kier molecular flexibility index (Phi) is 3.88. The summed E-state index contributed by atoms with van der Waals surface area (Å²) < 4.78 is 2.21. The molecule has 0 bridgehead atoms. The number of hydrogen-bond donors (Lipinski definition) is 1. The van der Waals surface area contributed by atoms with E-state index >= 15 is 0 Å². The second kappa shape index (κ2) is 6.54. The zero-order valence-electron chi connectivity index (χ0n) is 17.5. The van der Waals surface area contributed by atoms with Gasteiger partial charge in [-0.3, -0.25) is 9.59 Å². The molecule has 31 heavy (non-hydrogen) atoms. The summed E-state index contributed by atoms with van der Waals surface area (Å²) in [6, 6.07) is 10.4. The van der Waals surface area contributed by atoms with Crippen molar-refractivity contribution < 1.29 is 9.59 Å². The first-order valence-corrected chi connectivity index (χ1v) is 10.9. The maximum Gasteiger partial charge on any atom is 0.246 e. The van der Waals surface area contributed by atoms with E-state index in [0.717, 1.165) is 36.8 Å². The zero-order valence-corrected chi connectivity index (χ0v) is 17.5. The van der Waals surface area contributed by atoms with Gasteiger partial charge in [0, 0.05) is 48.0 Å². The molecule has 3 aromatic rings. The Labute approximate surface area is 180 Å². The Morgan fingerprint density at radius 1 is 1.26 bits per heavy atom. The molecule has 1 spiro atoms. The molecule has 6 nitrogen and oxygen atoms in total. The fourth-order valence-electron chi connectivity index (χ4n) is 5.39. The van der Waals surface area contributed by atoms with E-state index in [2.05, 4.69) is 46.2 Å². The summed E-state index contributed by atoms with van der Waals surface area (Å²) in [6.45, 7) is 1.34. The molecule has 0 atom stereocenters. The Morgan fingerprint density at radius 2 is 2.10 bits per heavy atom. The number of hydrogen-bond acceptors (Lipinski definition) is 3. The Balaban J connectivity index is 1.23. The van der Waals surface area contributed by atoms with Crippen molar-refractivity contribution in [3.63, 3.8) is 0 Å². The average molecular weight is 412 g/mol. The average Bonchev–Trinajstić information content (AvgIpc) is 3.22. The summed E-state index contributed by atoms with van der Waals surface area (Å²) in [4.78, 5) is 31.6. The van der Waals surface area contributed by atoms with Crippen molar-refractivity contribution >= 4 is 34.6 Å². The number of para-hydroxylation sites is 1. The van der Waals surface area contributed by atoms with Crippen molar-refractivity contribution in [1.29, 1.82) is 0 Å². The van der Waals surface area contributed by atoms with E-state index in [1.807, 2.05) is 17.0 Å². The summed E-state index contributed by atoms with van der Waals surface area (Å²) >= 11 is 0. The molecular formula is C25H24N4O2. The van der Waals surface area contributed by atoms with E-state index in [4.69, 9.17) is 0 Å². The van der Waals surface area contributed by atoms with Crippen LogP contribution in [0, 0.1) is 0 Å². The highest BCUT2D eigenvalue weighted by Gasteiger charge is 2.51. The van der Waals surface area contributed by atoms with Crippen molar-refractivity contribution in [2.75, 3.05) is 11.9 Å². The smallest absolute Gasteiger partial charge is 0.246 e. The number of carbonyl (C=O) groups excluding carboxylic acids is 2. The molecule has 1 N–H and O–H groups in total. The molecule has 6 rings (SSSR count). The maximum absolute atomic E-state index is 12.9. The Hall–Kier alpha value is -3.41. The number of aryl methyl sites for hydroxylation is 1. The highest BCUT2D eigenvalue weighted by molar-refractivity contribution is 6.06. The molecule has 3 aliphatic rings. The van der Waals surface area contributed by atoms with Gasteiger partial charge in [-0.05, 0) is 48.6 Å². The third kappa shape index (κ3) is 2.60. The molecule has 0 unspecified atom stereocenters. The van der Waals surface area contributed by atoms with Crippen LogP contribution in [0.5, 0.6) is 0 Å². The number of aromatic nitrogens is 2. The third-order valence-corrected chi connectivity index (χ3v) is 7.34. The fourth-order valence-corrected chi connectivity index (χ4v) is 5.39. The summed E-state index contributed by atoms with van der Waals surface area (Å²) in [7, 11) is 2.08. The molecule has 2 aliphatic heterocycles. The lowest BCUT2D eigenvalue weighted by atomic mass is 9.65. The molecule has 2 amide bonds. The first kappa shape index (κ1) is 18.4. The van der Waals surface area contributed by atoms with Crippen LogP contribution < -0.4 is 5.32 Å². The monoisotopic (exact) mass is 412 g/mol. The predicted molar refractivity (Wildman–Crippen MR) is 119 cm³/mol. The normalized spacial score (nSPS) is 18.9. The Bertz CT molecular complexity index is 1280. The number of anilines is 1. The minimum Gasteiger partial charge on any atom is -0.346 e. The summed E-state index contributed by atoms with van der Waals surface area (Å²) in [5.74, 6) is 0.744. The standard InChI is InChI=1S/C25H24N4O2/c1-28-20-6-3-2-5-17(20)18-9-12-29(15-21(18)28)22(30)8-7-16-13-19-23(26-14-16)27-24(31)25(19)10-4-11-25/h2-3,5-8,13-14H,4,9-12,15H2,1H3,(H,26,27,31). The molecule has 2 aromatic heterocycles. The number of nitrogens with one attached hydrogen (secondary N) is 1. The molecule has 4 heterocycles. The van der Waals surface area contributed by atoms with Gasteiger partial charge in [0.05, 0.1) is 12.0 Å². The van der Waals surface area contributed by atoms with Crippen molar-refractivity contribution in [3.05, 3.63) is 65.0 Å². The number of nitrogens with zero attached hydrogens (tertiary/aromatic N) is 3. The van der Waals surface area contributed by atoms with E-state index in [1.165, 1.54) is 22.2 Å². The molecule has 6 heteroatoms. The first-order valence-electron chi connectivity index (χ1n) is 10.9. The van der Waals surface area contributed by atoms with Crippen molar-refractivity contribution in [2.24, 2.45) is 7.05 Å². The third-order valence-electron chi connectivity index (χ3n) is 7.34. The van der Waals surface area contributed by atoms with Crippen molar-refractivity contribution in [2.45, 2.75) is 37.6 Å². The fraction of sp³-hybridized carbons (Fsp3) is 0.320. The lowest BCUT2D eigenvalue weighted by Crippen LogP contribution is -2.40. The van der Waals surface area contributed by atoms with Gasteiger partial charge in [-0.1, -0.05) is 24.6 Å². The molecular weight excluding hydrogens is 388 g/mol. The van der Waals surface area contributed by atoms with E-state index in [0.29, 0.717) is 18.9 Å². The highest BCUT2D eigenvalue weighted by Crippen LogP contribution is 2.50. The lowest BCUT2D eigenvalue weighted by Gasteiger charge is -2.35. The second-order valence-electron chi connectivity index (χ2n) is 8.90. The van der Waals surface area contributed by atoms with E-state index < -0.39 is 5.41 Å². The van der Waals surface area contributed by atoms with Crippen LogP contribution in [0.1, 0.15) is 41.6 Å². The van der Waals surface area contributed by atoms with Crippen LogP contribution in [-0.2, 0) is 35.0 Å². The first-order chi connectivity index (χ1) is 15.1. The molecule has 1 saturated carbocycles. The maximum atomic E-state index is 12.9. The van der Waals surface area contributed by atoms with Crippen molar-refractivity contribution in [1.82, 2.24) is 14.5 Å². The van der Waals surface area contributed by atoms with Crippen LogP contribution in [0.4, 0.5) is 5.82 Å². The van der Waals surface area contributed by atoms with Gasteiger partial charge in [-0.25, -0.2) is 4.98 Å². The molecule has 1 fully saturated rings. The van der Waals surface area contributed by atoms with E-state index in [9.17, 15) is 9.59 Å². The van der Waals surface area contributed by atoms with Crippen molar-refractivity contribution in [3.8, 4) is 0 Å². The SMILES string of the molecule is Cn1c2c(c3ccccc31)CCN(C(=O)C=Cc1cnc3c(c1)C1(CCC1)C(=O)N3)C2. The van der Waals surface area contributed by atoms with Gasteiger partial charge in [0.25, 0.3) is 0 Å². The Morgan fingerprint density at radius 3 is 2.90 bits per heavy atom. The van der Waals surface area contributed by atoms with Gasteiger partial charge < -0.3 is 14.8 Å². The molecule has 0 radical (unpaired) electrons. The highest BCUT2D eigenvalue weighted by atomic mass is 16.2. The molecule has 1 aromatic carbocycles. The quantitative estimate of drug-likeness (QED) is 0.655. The molecule has 1 aliphatic carbocycles. The number of pyridine rings is 1. The van der Waals surface area contributed by atoms with Crippen LogP contribution >= 0.6 is 0 Å². The van der Waals surface area contributed by atoms with Crippen LogP contribution in [-0.4, -0.2) is 32.8 Å². The summed E-state index contributed by atoms with van der Waals surface area (Å²) in [5.41, 5.74) is 5.23. The van der Waals surface area contributed by atoms with Crippen LogP contribution in [0.25, 0.3) is 17.0 Å². The van der Waals surface area contributed by atoms with Crippen LogP contribution in [0.15, 0.2) is 42.6 Å². The van der Waals surface area contributed by atoms with Gasteiger partial charge in [0.2, 0.25) is 11.8 Å². The minimum absolute atomic E-state index is 0.00367. The van der Waals surface area contributed by atoms with Gasteiger partial charge in [0.15, 0.2) is 0 Å². The van der Waals surface area contributed by atoms with Gasteiger partial charge in [-0.15, -0.1) is 0 Å². The number of fused-ring (bicyclic) bond motifs is 5. The lowest BCUT2D eigenvalue weighted by molar-refractivity contribution is -0.127. The summed E-state index contributed by atoms with van der Waals surface area (Å²) in [6.07, 6.45) is 8.86. The van der Waals surface area contributed by atoms with Gasteiger partial charge in [-0.2, -0.15) is 0 Å². The van der Waals surface area contributed by atoms with Gasteiger partial charge >= 0.3 is 0 Å². The zero-order chi connectivity index (χ0) is 21.2. The minimum atomic E-state index is -0.395. The number of rotatable bonds is 2.